The van der Waals surface area contributed by atoms with E-state index in [-0.39, 0.29) is 0 Å². The van der Waals surface area contributed by atoms with Crippen molar-refractivity contribution in [1.82, 2.24) is 0 Å². The van der Waals surface area contributed by atoms with E-state index in [9.17, 15) is 0 Å². The quantitative estimate of drug-likeness (QED) is 0.213. The minimum atomic E-state index is 1.11. The van der Waals surface area contributed by atoms with E-state index in [4.69, 9.17) is 0 Å². The van der Waals surface area contributed by atoms with Crippen molar-refractivity contribution in [3.63, 3.8) is 0 Å². The van der Waals surface area contributed by atoms with Crippen molar-refractivity contribution in [2.75, 3.05) is 0 Å². The SMILES string of the molecule is Brc1cc(CCCCc2ccc(-c3ccccc3)c(Br)c2)ccc1-c1ccccc1. The lowest BCUT2D eigenvalue weighted by Gasteiger charge is -2.09. The third kappa shape index (κ3) is 5.30. The molecule has 0 N–H and O–H groups in total. The highest BCUT2D eigenvalue weighted by Crippen LogP contribution is 2.31. The molecular weight excluding hydrogens is 496 g/mol. The molecule has 0 bridgehead atoms. The Morgan fingerprint density at radius 3 is 1.23 bits per heavy atom. The number of halogens is 2. The molecule has 0 radical (unpaired) electrons. The van der Waals surface area contributed by atoms with Crippen molar-refractivity contribution >= 4 is 31.9 Å². The van der Waals surface area contributed by atoms with Gasteiger partial charge in [0.05, 0.1) is 0 Å². The molecule has 0 saturated heterocycles. The molecule has 0 saturated carbocycles. The van der Waals surface area contributed by atoms with E-state index in [2.05, 4.69) is 129 Å². The Hall–Kier alpha value is -2.16. The first-order valence-corrected chi connectivity index (χ1v) is 12.0. The maximum atomic E-state index is 3.76. The van der Waals surface area contributed by atoms with Crippen LogP contribution in [0.25, 0.3) is 22.3 Å². The number of hydrogen-bond acceptors (Lipinski definition) is 0. The van der Waals surface area contributed by atoms with Crippen LogP contribution in [0.3, 0.4) is 0 Å². The molecule has 0 unspecified atom stereocenters. The van der Waals surface area contributed by atoms with Crippen LogP contribution in [-0.4, -0.2) is 0 Å². The van der Waals surface area contributed by atoms with E-state index in [0.717, 1.165) is 12.8 Å². The Balaban J connectivity index is 1.32. The van der Waals surface area contributed by atoms with Gasteiger partial charge in [0.25, 0.3) is 0 Å². The minimum Gasteiger partial charge on any atom is -0.0622 e. The van der Waals surface area contributed by atoms with E-state index in [1.165, 1.54) is 55.2 Å². The van der Waals surface area contributed by atoms with E-state index >= 15 is 0 Å². The van der Waals surface area contributed by atoms with Crippen molar-refractivity contribution in [2.45, 2.75) is 25.7 Å². The van der Waals surface area contributed by atoms with Gasteiger partial charge in [-0.2, -0.15) is 0 Å². The van der Waals surface area contributed by atoms with Crippen molar-refractivity contribution in [3.8, 4) is 22.3 Å². The standard InChI is InChI=1S/C28H24Br2/c29-27-19-21(15-17-25(27)23-11-3-1-4-12-23)9-7-8-10-22-16-18-26(28(30)20-22)24-13-5-2-6-14-24/h1-6,11-20H,7-10H2. The Morgan fingerprint density at radius 1 is 0.467 bits per heavy atom. The third-order valence-corrected chi connectivity index (χ3v) is 6.73. The molecule has 30 heavy (non-hydrogen) atoms. The second-order valence-corrected chi connectivity index (χ2v) is 9.28. The van der Waals surface area contributed by atoms with Crippen LogP contribution in [0.4, 0.5) is 0 Å². The highest BCUT2D eigenvalue weighted by molar-refractivity contribution is 9.11. The zero-order valence-electron chi connectivity index (χ0n) is 16.8. The first-order chi connectivity index (χ1) is 14.7. The molecule has 4 aromatic carbocycles. The molecule has 0 amide bonds. The highest BCUT2D eigenvalue weighted by atomic mass is 79.9. The smallest absolute Gasteiger partial charge is 0.0256 e. The van der Waals surface area contributed by atoms with Crippen molar-refractivity contribution < 1.29 is 0 Å². The van der Waals surface area contributed by atoms with Gasteiger partial charge in [0.1, 0.15) is 0 Å². The average molecular weight is 520 g/mol. The maximum Gasteiger partial charge on any atom is 0.0256 e. The van der Waals surface area contributed by atoms with Gasteiger partial charge in [-0.25, -0.2) is 0 Å². The lowest BCUT2D eigenvalue weighted by Crippen LogP contribution is -1.91. The second-order valence-electron chi connectivity index (χ2n) is 7.57. The monoisotopic (exact) mass is 518 g/mol. The molecule has 2 heteroatoms. The van der Waals surface area contributed by atoms with Crippen molar-refractivity contribution in [1.29, 1.82) is 0 Å². The van der Waals surface area contributed by atoms with E-state index in [1.54, 1.807) is 0 Å². The summed E-state index contributed by atoms with van der Waals surface area (Å²) in [6, 6.07) is 34.6. The minimum absolute atomic E-state index is 1.11. The molecule has 0 aliphatic heterocycles. The topological polar surface area (TPSA) is 0 Å². The lowest BCUT2D eigenvalue weighted by molar-refractivity contribution is 0.734. The second kappa shape index (κ2) is 10.2. The van der Waals surface area contributed by atoms with Gasteiger partial charge in [0.15, 0.2) is 0 Å². The van der Waals surface area contributed by atoms with Gasteiger partial charge in [-0.05, 0) is 71.2 Å². The molecule has 4 rings (SSSR count). The van der Waals surface area contributed by atoms with E-state index in [1.807, 2.05) is 0 Å². The van der Waals surface area contributed by atoms with Gasteiger partial charge < -0.3 is 0 Å². The summed E-state index contributed by atoms with van der Waals surface area (Å²) in [6.45, 7) is 0. The van der Waals surface area contributed by atoms with Crippen LogP contribution < -0.4 is 0 Å². The van der Waals surface area contributed by atoms with Crippen LogP contribution in [0, 0.1) is 0 Å². The lowest BCUT2D eigenvalue weighted by atomic mass is 9.99. The predicted molar refractivity (Wildman–Crippen MR) is 136 cm³/mol. The molecule has 0 aromatic heterocycles. The fraction of sp³-hybridized carbons (Fsp3) is 0.143. The van der Waals surface area contributed by atoms with Gasteiger partial charge in [-0.1, -0.05) is 117 Å². The summed E-state index contributed by atoms with van der Waals surface area (Å²) in [5, 5.41) is 0. The molecule has 0 fully saturated rings. The molecule has 150 valence electrons. The van der Waals surface area contributed by atoms with Crippen LogP contribution >= 0.6 is 31.9 Å². The van der Waals surface area contributed by atoms with Crippen LogP contribution in [0.1, 0.15) is 24.0 Å². The summed E-state index contributed by atoms with van der Waals surface area (Å²) >= 11 is 7.52. The molecule has 0 nitrogen and oxygen atoms in total. The first kappa shape index (κ1) is 21.1. The largest absolute Gasteiger partial charge is 0.0622 e. The van der Waals surface area contributed by atoms with Crippen molar-refractivity contribution in [2.24, 2.45) is 0 Å². The van der Waals surface area contributed by atoms with Gasteiger partial charge >= 0.3 is 0 Å². The van der Waals surface area contributed by atoms with Crippen molar-refractivity contribution in [3.05, 3.63) is 117 Å². The number of unbranched alkanes of at least 4 members (excludes halogenated alkanes) is 1. The van der Waals surface area contributed by atoms with E-state index < -0.39 is 0 Å². The summed E-state index contributed by atoms with van der Waals surface area (Å²) in [7, 11) is 0. The molecule has 0 aliphatic rings. The summed E-state index contributed by atoms with van der Waals surface area (Å²) in [4.78, 5) is 0. The van der Waals surface area contributed by atoms with Gasteiger partial charge in [0.2, 0.25) is 0 Å². The van der Waals surface area contributed by atoms with Gasteiger partial charge in [-0.3, -0.25) is 0 Å². The number of rotatable bonds is 7. The maximum absolute atomic E-state index is 3.76. The van der Waals surface area contributed by atoms with Crippen LogP contribution in [-0.2, 0) is 12.8 Å². The fourth-order valence-corrected chi connectivity index (χ4v) is 5.10. The Bertz CT molecular complexity index is 1010. The Morgan fingerprint density at radius 2 is 0.867 bits per heavy atom. The summed E-state index contributed by atoms with van der Waals surface area (Å²) in [5.41, 5.74) is 7.79. The summed E-state index contributed by atoms with van der Waals surface area (Å²) in [6.07, 6.45) is 4.60. The Kier molecular flexibility index (Phi) is 7.20. The van der Waals surface area contributed by atoms with Crippen LogP contribution in [0.2, 0.25) is 0 Å². The number of hydrogen-bond donors (Lipinski definition) is 0. The van der Waals surface area contributed by atoms with Crippen LogP contribution in [0.5, 0.6) is 0 Å². The molecule has 0 atom stereocenters. The molecule has 0 aliphatic carbocycles. The Labute approximate surface area is 196 Å². The molecule has 4 aromatic rings. The third-order valence-electron chi connectivity index (χ3n) is 5.42. The summed E-state index contributed by atoms with van der Waals surface area (Å²) in [5.74, 6) is 0. The van der Waals surface area contributed by atoms with Gasteiger partial charge in [0, 0.05) is 8.95 Å². The number of aryl methyl sites for hydroxylation is 2. The van der Waals surface area contributed by atoms with Gasteiger partial charge in [-0.15, -0.1) is 0 Å². The normalized spacial score (nSPS) is 10.9. The molecular formula is C28H24Br2. The highest BCUT2D eigenvalue weighted by Gasteiger charge is 2.06. The molecule has 0 spiro atoms. The summed E-state index contributed by atoms with van der Waals surface area (Å²) < 4.78 is 2.35. The first-order valence-electron chi connectivity index (χ1n) is 10.4. The average Bonchev–Trinajstić information content (AvgIpc) is 2.78. The fourth-order valence-electron chi connectivity index (χ4n) is 3.79. The predicted octanol–water partition coefficient (Wildman–Crippen LogP) is 9.11. The zero-order valence-corrected chi connectivity index (χ0v) is 20.0. The molecule has 0 heterocycles. The zero-order chi connectivity index (χ0) is 20.8. The number of benzene rings is 4. The van der Waals surface area contributed by atoms with E-state index in [0.29, 0.717) is 0 Å². The van der Waals surface area contributed by atoms with Crippen LogP contribution in [0.15, 0.2) is 106 Å².